The Labute approximate surface area is 86.6 Å². The molecular formula is C12H20O2. The molecule has 3 fully saturated rings. The van der Waals surface area contributed by atoms with Gasteiger partial charge in [-0.2, -0.15) is 0 Å². The summed E-state index contributed by atoms with van der Waals surface area (Å²) in [5, 5.41) is 11.5. The van der Waals surface area contributed by atoms with E-state index < -0.39 is 0 Å². The van der Waals surface area contributed by atoms with Crippen molar-refractivity contribution in [2.45, 2.75) is 50.7 Å². The molecule has 3 aliphatic carbocycles. The Kier molecular flexibility index (Phi) is 3.45. The van der Waals surface area contributed by atoms with Crippen molar-refractivity contribution in [3.63, 3.8) is 0 Å². The summed E-state index contributed by atoms with van der Waals surface area (Å²) in [7, 11) is 0. The molecule has 0 saturated heterocycles. The van der Waals surface area contributed by atoms with Crippen LogP contribution in [-0.4, -0.2) is 18.8 Å². The molecule has 0 aromatic heterocycles. The number of rotatable bonds is 4. The number of hydrogen-bond acceptors (Lipinski definition) is 1. The fourth-order valence-electron chi connectivity index (χ4n) is 2.86. The van der Waals surface area contributed by atoms with Gasteiger partial charge in [0.15, 0.2) is 0 Å². The third-order valence-electron chi connectivity index (χ3n) is 3.76. The van der Waals surface area contributed by atoms with Gasteiger partial charge in [-0.3, -0.25) is 0 Å². The lowest BCUT2D eigenvalue weighted by Gasteiger charge is -2.44. The Morgan fingerprint density at radius 3 is 2.57 bits per heavy atom. The van der Waals surface area contributed by atoms with Gasteiger partial charge in [-0.1, -0.05) is 13.3 Å². The van der Waals surface area contributed by atoms with E-state index in [1.54, 1.807) is 0 Å². The van der Waals surface area contributed by atoms with Gasteiger partial charge in [-0.15, -0.1) is 0 Å². The van der Waals surface area contributed by atoms with Crippen LogP contribution in [0.3, 0.4) is 0 Å². The normalized spacial score (nSPS) is 41.6. The van der Waals surface area contributed by atoms with Crippen LogP contribution in [-0.2, 0) is 9.84 Å². The summed E-state index contributed by atoms with van der Waals surface area (Å²) < 4.78 is 5.83. The molecule has 2 heteroatoms. The smallest absolute Gasteiger partial charge is 0.0962 e. The van der Waals surface area contributed by atoms with E-state index in [0.29, 0.717) is 17.9 Å². The number of hydrogen-bond donors (Lipinski definition) is 0. The molecule has 0 amide bonds. The Bertz CT molecular complexity index is 181. The van der Waals surface area contributed by atoms with Crippen LogP contribution in [0.2, 0.25) is 0 Å². The van der Waals surface area contributed by atoms with Crippen LogP contribution in [0.25, 0.3) is 0 Å². The number of ether oxygens (including phenoxy) is 1. The van der Waals surface area contributed by atoms with Crippen molar-refractivity contribution >= 4 is 0 Å². The predicted octanol–water partition coefficient (Wildman–Crippen LogP) is 2.60. The monoisotopic (exact) mass is 196 g/mol. The fraction of sp³-hybridized carbons (Fsp3) is 0.917. The van der Waals surface area contributed by atoms with Gasteiger partial charge in [0.1, 0.15) is 0 Å². The van der Waals surface area contributed by atoms with Crippen molar-refractivity contribution in [2.75, 3.05) is 6.61 Å². The van der Waals surface area contributed by atoms with Gasteiger partial charge in [0.2, 0.25) is 0 Å². The molecule has 3 saturated carbocycles. The Morgan fingerprint density at radius 2 is 2.00 bits per heavy atom. The molecule has 4 atom stereocenters. The first-order chi connectivity index (χ1) is 6.81. The van der Waals surface area contributed by atoms with E-state index in [2.05, 4.69) is 6.92 Å². The van der Waals surface area contributed by atoms with Gasteiger partial charge in [-0.25, -0.2) is 5.11 Å². The Balaban J connectivity index is 1.78. The summed E-state index contributed by atoms with van der Waals surface area (Å²) >= 11 is 0. The molecule has 0 aromatic rings. The van der Waals surface area contributed by atoms with Crippen LogP contribution in [0, 0.1) is 18.8 Å². The van der Waals surface area contributed by atoms with Gasteiger partial charge in [-0.05, 0) is 43.9 Å². The molecule has 2 nitrogen and oxygen atoms in total. The molecule has 3 rings (SSSR count). The lowest BCUT2D eigenvalue weighted by Crippen LogP contribution is -2.44. The average Bonchev–Trinajstić information content (AvgIpc) is 2.20. The van der Waals surface area contributed by atoms with Gasteiger partial charge < -0.3 is 4.74 Å². The molecule has 0 heterocycles. The van der Waals surface area contributed by atoms with Crippen molar-refractivity contribution in [3.05, 3.63) is 6.92 Å². The zero-order valence-electron chi connectivity index (χ0n) is 8.78. The average molecular weight is 196 g/mol. The molecule has 4 unspecified atom stereocenters. The van der Waals surface area contributed by atoms with Crippen LogP contribution in [0.1, 0.15) is 38.5 Å². The molecule has 0 spiro atoms. The van der Waals surface area contributed by atoms with E-state index in [9.17, 15) is 5.11 Å². The van der Waals surface area contributed by atoms with E-state index in [0.717, 1.165) is 38.7 Å². The first-order valence-electron chi connectivity index (χ1n) is 5.88. The first kappa shape index (κ1) is 10.4. The van der Waals surface area contributed by atoms with Crippen LogP contribution < -0.4 is 0 Å². The molecule has 14 heavy (non-hydrogen) atoms. The van der Waals surface area contributed by atoms with E-state index >= 15 is 0 Å². The number of unbranched alkanes of at least 4 members (excludes halogenated alkanes) is 1. The zero-order chi connectivity index (χ0) is 9.97. The van der Waals surface area contributed by atoms with Crippen molar-refractivity contribution in [1.29, 1.82) is 0 Å². The van der Waals surface area contributed by atoms with Crippen LogP contribution in [0.4, 0.5) is 0 Å². The highest BCUT2D eigenvalue weighted by Crippen LogP contribution is 2.43. The molecule has 3 aliphatic rings. The summed E-state index contributed by atoms with van der Waals surface area (Å²) in [5.41, 5.74) is 0. The predicted molar refractivity (Wildman–Crippen MR) is 54.3 cm³/mol. The topological polar surface area (TPSA) is 29.1 Å². The maximum atomic E-state index is 11.5. The maximum Gasteiger partial charge on any atom is 0.0962 e. The largest absolute Gasteiger partial charge is 0.378 e. The van der Waals surface area contributed by atoms with Crippen molar-refractivity contribution in [1.82, 2.24) is 0 Å². The third-order valence-corrected chi connectivity index (χ3v) is 3.76. The van der Waals surface area contributed by atoms with Crippen LogP contribution in [0.15, 0.2) is 0 Å². The van der Waals surface area contributed by atoms with E-state index in [4.69, 9.17) is 4.74 Å². The highest BCUT2D eigenvalue weighted by molar-refractivity contribution is 4.91. The minimum Gasteiger partial charge on any atom is -0.378 e. The highest BCUT2D eigenvalue weighted by atomic mass is 16.5. The maximum absolute atomic E-state index is 11.5. The molecule has 2 radical (unpaired) electrons. The lowest BCUT2D eigenvalue weighted by atomic mass is 9.67. The molecule has 80 valence electrons. The summed E-state index contributed by atoms with van der Waals surface area (Å²) in [6.45, 7) is 4.63. The van der Waals surface area contributed by atoms with E-state index in [-0.39, 0.29) is 6.10 Å². The van der Waals surface area contributed by atoms with Gasteiger partial charge in [0, 0.05) is 6.61 Å². The van der Waals surface area contributed by atoms with E-state index in [1.807, 2.05) is 0 Å². The Morgan fingerprint density at radius 1 is 1.21 bits per heavy atom. The molecule has 2 bridgehead atoms. The minimum absolute atomic E-state index is 0.290. The second-order valence-corrected chi connectivity index (χ2v) is 4.72. The van der Waals surface area contributed by atoms with Crippen molar-refractivity contribution < 1.29 is 9.84 Å². The number of fused-ring (bicyclic) bond motifs is 3. The SMILES string of the molecule is [CH2]CCCOC1CC2CCC1CC2[O]. The highest BCUT2D eigenvalue weighted by Gasteiger charge is 2.42. The Hall–Kier alpha value is -0.0800. The van der Waals surface area contributed by atoms with E-state index in [1.165, 1.54) is 6.42 Å². The second kappa shape index (κ2) is 4.63. The third kappa shape index (κ3) is 2.12. The van der Waals surface area contributed by atoms with Crippen molar-refractivity contribution in [2.24, 2.45) is 11.8 Å². The summed E-state index contributed by atoms with van der Waals surface area (Å²) in [6.07, 6.45) is 6.36. The molecular weight excluding hydrogens is 176 g/mol. The second-order valence-electron chi connectivity index (χ2n) is 4.72. The first-order valence-corrected chi connectivity index (χ1v) is 5.88. The molecule has 0 aliphatic heterocycles. The lowest BCUT2D eigenvalue weighted by molar-refractivity contribution is -0.121. The van der Waals surface area contributed by atoms with Crippen LogP contribution in [0.5, 0.6) is 0 Å². The van der Waals surface area contributed by atoms with Gasteiger partial charge in [0.05, 0.1) is 12.2 Å². The van der Waals surface area contributed by atoms with Crippen molar-refractivity contribution in [3.8, 4) is 0 Å². The molecule has 0 N–H and O–H groups in total. The summed E-state index contributed by atoms with van der Waals surface area (Å²) in [4.78, 5) is 0. The quantitative estimate of drug-likeness (QED) is 0.635. The standard InChI is InChI=1S/C12H20O2/c1-2-3-6-14-12-8-9-4-5-10(12)7-11(9)13/h9-12H,1-8H2. The zero-order valence-corrected chi connectivity index (χ0v) is 8.78. The van der Waals surface area contributed by atoms with Gasteiger partial charge >= 0.3 is 0 Å². The fourth-order valence-corrected chi connectivity index (χ4v) is 2.86. The summed E-state index contributed by atoms with van der Waals surface area (Å²) in [6, 6.07) is 0. The van der Waals surface area contributed by atoms with Gasteiger partial charge in [0.25, 0.3) is 0 Å². The summed E-state index contributed by atoms with van der Waals surface area (Å²) in [5.74, 6) is 0.970. The molecule has 0 aromatic carbocycles. The van der Waals surface area contributed by atoms with Crippen LogP contribution >= 0.6 is 0 Å². The minimum atomic E-state index is -0.290.